The Balaban J connectivity index is 2.68. The van der Waals surface area contributed by atoms with Crippen LogP contribution in [-0.2, 0) is 9.53 Å². The third-order valence-electron chi connectivity index (χ3n) is 0.724. The zero-order valence-electron chi connectivity index (χ0n) is 3.68. The third kappa shape index (κ3) is 0.699. The van der Waals surface area contributed by atoms with Gasteiger partial charge in [-0.25, -0.2) is 4.79 Å². The van der Waals surface area contributed by atoms with Gasteiger partial charge in [-0.15, -0.1) is 0 Å². The van der Waals surface area contributed by atoms with Crippen molar-refractivity contribution in [2.24, 2.45) is 0 Å². The van der Waals surface area contributed by atoms with Crippen LogP contribution in [-0.4, -0.2) is 5.94 Å². The summed E-state index contributed by atoms with van der Waals surface area (Å²) in [7, 11) is 0. The lowest BCUT2D eigenvalue weighted by Crippen LogP contribution is -1.73. The van der Waals surface area contributed by atoms with Crippen molar-refractivity contribution >= 4 is 5.94 Å². The molecule has 1 aliphatic heterocycles. The van der Waals surface area contributed by atoms with E-state index in [9.17, 15) is 4.79 Å². The quantitative estimate of drug-likeness (QED) is 0.413. The first-order valence-corrected chi connectivity index (χ1v) is 1.99. The van der Waals surface area contributed by atoms with Gasteiger partial charge in [-0.05, 0) is 6.08 Å². The van der Waals surface area contributed by atoms with Crippen molar-refractivity contribution in [2.45, 2.75) is 6.42 Å². The first-order valence-electron chi connectivity index (χ1n) is 1.99. The molecule has 0 aliphatic carbocycles. The van der Waals surface area contributed by atoms with Gasteiger partial charge in [0.05, 0.1) is 6.26 Å². The second kappa shape index (κ2) is 1.63. The number of carbonyl (C=O) groups excluding carboxylic acids is 1. The molecule has 0 N–H and O–H groups in total. The van der Waals surface area contributed by atoms with Gasteiger partial charge >= 0.3 is 0 Å². The van der Waals surface area contributed by atoms with Gasteiger partial charge in [0.15, 0.2) is 11.7 Å². The van der Waals surface area contributed by atoms with E-state index in [0.29, 0.717) is 12.2 Å². The Bertz CT molecular complexity index is 130. The van der Waals surface area contributed by atoms with Gasteiger partial charge in [0, 0.05) is 6.42 Å². The zero-order chi connectivity index (χ0) is 5.11. The Morgan fingerprint density at radius 1 is 1.86 bits per heavy atom. The average Bonchev–Trinajstić information content (AvgIpc) is 2.14. The number of hydrogen-bond donors (Lipinski definition) is 0. The molecule has 0 saturated heterocycles. The lowest BCUT2D eigenvalue weighted by atomic mass is 10.4. The molecule has 0 aromatic carbocycles. The van der Waals surface area contributed by atoms with Crippen molar-refractivity contribution in [2.75, 3.05) is 0 Å². The molecule has 1 aliphatic rings. The summed E-state index contributed by atoms with van der Waals surface area (Å²) < 4.78 is 4.61. The van der Waals surface area contributed by atoms with Gasteiger partial charge in [-0.2, -0.15) is 0 Å². The summed E-state index contributed by atoms with van der Waals surface area (Å²) in [5.41, 5.74) is 0. The highest BCUT2D eigenvalue weighted by molar-refractivity contribution is 5.51. The molecule has 36 valence electrons. The first-order chi connectivity index (χ1) is 3.43. The monoisotopic (exact) mass is 96.0 g/mol. The number of allylic oxidation sites excluding steroid dienone is 1. The highest BCUT2D eigenvalue weighted by Crippen LogP contribution is 2.07. The second-order valence-corrected chi connectivity index (χ2v) is 1.22. The van der Waals surface area contributed by atoms with Gasteiger partial charge in [-0.3, -0.25) is 0 Å². The minimum Gasteiger partial charge on any atom is -0.458 e. The van der Waals surface area contributed by atoms with Crippen LogP contribution in [0.1, 0.15) is 6.42 Å². The molecule has 0 unspecified atom stereocenters. The summed E-state index contributed by atoms with van der Waals surface area (Å²) in [5.74, 6) is 2.02. The van der Waals surface area contributed by atoms with Crippen LogP contribution in [0, 0.1) is 0 Å². The third-order valence-corrected chi connectivity index (χ3v) is 0.724. The average molecular weight is 96.1 g/mol. The van der Waals surface area contributed by atoms with Crippen LogP contribution in [0.2, 0.25) is 0 Å². The molecule has 7 heavy (non-hydrogen) atoms. The number of rotatable bonds is 0. The highest BCUT2D eigenvalue weighted by Gasteiger charge is 1.98. The number of hydrogen-bond acceptors (Lipinski definition) is 2. The fourth-order valence-corrected chi connectivity index (χ4v) is 0.399. The second-order valence-electron chi connectivity index (χ2n) is 1.22. The lowest BCUT2D eigenvalue weighted by molar-refractivity contribution is 0.369. The smallest absolute Gasteiger partial charge is 0.190 e. The van der Waals surface area contributed by atoms with Crippen molar-refractivity contribution in [3.8, 4) is 0 Å². The molecular formula is C5H4O2. The Morgan fingerprint density at radius 2 is 2.71 bits per heavy atom. The van der Waals surface area contributed by atoms with E-state index in [-0.39, 0.29) is 0 Å². The van der Waals surface area contributed by atoms with E-state index in [1.165, 1.54) is 6.26 Å². The van der Waals surface area contributed by atoms with Crippen molar-refractivity contribution in [1.82, 2.24) is 0 Å². The maximum absolute atomic E-state index is 9.68. The topological polar surface area (TPSA) is 26.3 Å². The van der Waals surface area contributed by atoms with Crippen LogP contribution in [0.4, 0.5) is 0 Å². The number of ether oxygens (including phenoxy) is 1. The fourth-order valence-electron chi connectivity index (χ4n) is 0.399. The van der Waals surface area contributed by atoms with Gasteiger partial charge in [-0.1, -0.05) is 0 Å². The van der Waals surface area contributed by atoms with Crippen LogP contribution < -0.4 is 0 Å². The normalized spacial score (nSPS) is 16.3. The van der Waals surface area contributed by atoms with E-state index in [1.54, 1.807) is 12.0 Å². The van der Waals surface area contributed by atoms with Gasteiger partial charge in [0.1, 0.15) is 0 Å². The molecule has 0 aromatic heterocycles. The van der Waals surface area contributed by atoms with E-state index >= 15 is 0 Å². The molecule has 1 rings (SSSR count). The minimum absolute atomic E-state index is 0.375. The molecule has 0 atom stereocenters. The maximum atomic E-state index is 9.68. The van der Waals surface area contributed by atoms with Crippen LogP contribution in [0.3, 0.4) is 0 Å². The Hall–Kier alpha value is -1.01. The van der Waals surface area contributed by atoms with E-state index in [0.717, 1.165) is 0 Å². The van der Waals surface area contributed by atoms with Crippen LogP contribution >= 0.6 is 0 Å². The van der Waals surface area contributed by atoms with Gasteiger partial charge < -0.3 is 4.74 Å². The predicted molar refractivity (Wildman–Crippen MR) is 24.0 cm³/mol. The van der Waals surface area contributed by atoms with Crippen molar-refractivity contribution in [3.63, 3.8) is 0 Å². The van der Waals surface area contributed by atoms with Crippen LogP contribution in [0.5, 0.6) is 0 Å². The summed E-state index contributed by atoms with van der Waals surface area (Å²) in [4.78, 5) is 9.68. The maximum Gasteiger partial charge on any atom is 0.190 e. The molecular weight excluding hydrogens is 92.1 g/mol. The summed E-state index contributed by atoms with van der Waals surface area (Å²) in [6.45, 7) is 0. The van der Waals surface area contributed by atoms with E-state index < -0.39 is 0 Å². The molecule has 0 amide bonds. The summed E-state index contributed by atoms with van der Waals surface area (Å²) in [6, 6.07) is 0. The van der Waals surface area contributed by atoms with Crippen LogP contribution in [0.25, 0.3) is 0 Å². The molecule has 0 saturated carbocycles. The molecule has 0 bridgehead atoms. The van der Waals surface area contributed by atoms with Gasteiger partial charge in [0.25, 0.3) is 0 Å². The van der Waals surface area contributed by atoms with E-state index in [4.69, 9.17) is 0 Å². The first kappa shape index (κ1) is 4.16. The molecule has 0 radical (unpaired) electrons. The molecule has 0 spiro atoms. The van der Waals surface area contributed by atoms with Crippen molar-refractivity contribution in [1.29, 1.82) is 0 Å². The Kier molecular flexibility index (Phi) is 0.966. The molecule has 2 nitrogen and oxygen atoms in total. The summed E-state index contributed by atoms with van der Waals surface area (Å²) >= 11 is 0. The van der Waals surface area contributed by atoms with Crippen molar-refractivity contribution in [3.05, 3.63) is 18.1 Å². The van der Waals surface area contributed by atoms with E-state index in [1.807, 2.05) is 0 Å². The Morgan fingerprint density at radius 3 is 3.00 bits per heavy atom. The fraction of sp³-hybridized carbons (Fsp3) is 0.200. The standard InChI is InChI=1S/C5H4O2/c6-4-5-2-1-3-7-5/h1,3H,2H2. The lowest BCUT2D eigenvalue weighted by Gasteiger charge is -1.83. The summed E-state index contributed by atoms with van der Waals surface area (Å²) in [5, 5.41) is 0. The SMILES string of the molecule is O=C=C1CC=CO1. The Labute approximate surface area is 41.1 Å². The summed E-state index contributed by atoms with van der Waals surface area (Å²) in [6.07, 6.45) is 3.85. The molecule has 2 heteroatoms. The zero-order valence-corrected chi connectivity index (χ0v) is 3.68. The molecule has 0 aromatic rings. The largest absolute Gasteiger partial charge is 0.458 e. The van der Waals surface area contributed by atoms with Crippen LogP contribution in [0.15, 0.2) is 18.1 Å². The highest BCUT2D eigenvalue weighted by atomic mass is 16.5. The van der Waals surface area contributed by atoms with Gasteiger partial charge in [0.2, 0.25) is 0 Å². The predicted octanol–water partition coefficient (Wildman–Crippen LogP) is 0.636. The van der Waals surface area contributed by atoms with Crippen molar-refractivity contribution < 1.29 is 9.53 Å². The van der Waals surface area contributed by atoms with E-state index in [2.05, 4.69) is 4.74 Å². The minimum atomic E-state index is 0.375. The molecule has 1 heterocycles. The molecule has 0 fully saturated rings.